The molecule has 0 unspecified atom stereocenters. The van der Waals surface area contributed by atoms with Crippen LogP contribution in [0.15, 0.2) is 28.7 Å². The van der Waals surface area contributed by atoms with Crippen LogP contribution >= 0.6 is 15.9 Å². The van der Waals surface area contributed by atoms with Crippen LogP contribution in [0.25, 0.3) is 10.9 Å². The fraction of sp³-hybridized carbons (Fsp3) is 0.250. The van der Waals surface area contributed by atoms with Crippen LogP contribution in [-0.2, 0) is 11.3 Å². The van der Waals surface area contributed by atoms with Gasteiger partial charge < -0.3 is 14.4 Å². The first-order valence-electron chi connectivity index (χ1n) is 5.15. The van der Waals surface area contributed by atoms with Crippen molar-refractivity contribution in [2.24, 2.45) is 0 Å². The molecule has 0 saturated carbocycles. The summed E-state index contributed by atoms with van der Waals surface area (Å²) in [5.41, 5.74) is 1.17. The summed E-state index contributed by atoms with van der Waals surface area (Å²) in [6.07, 6.45) is 0. The third kappa shape index (κ3) is 2.21. The largest absolute Gasteiger partial charge is 0.477 e. The predicted octanol–water partition coefficient (Wildman–Crippen LogP) is 2.75. The highest BCUT2D eigenvalue weighted by Crippen LogP contribution is 2.27. The molecule has 0 saturated heterocycles. The molecular formula is C12H12BrNO3. The van der Waals surface area contributed by atoms with Crippen LogP contribution in [0.3, 0.4) is 0 Å². The molecule has 0 atom stereocenters. The lowest BCUT2D eigenvalue weighted by molar-refractivity contribution is 0.0683. The third-order valence-corrected chi connectivity index (χ3v) is 3.25. The number of halogens is 1. The van der Waals surface area contributed by atoms with Gasteiger partial charge in [0.25, 0.3) is 0 Å². The summed E-state index contributed by atoms with van der Waals surface area (Å²) in [6, 6.07) is 7.36. The topological polar surface area (TPSA) is 51.5 Å². The van der Waals surface area contributed by atoms with E-state index in [0.717, 1.165) is 15.4 Å². The average Bonchev–Trinajstić information content (AvgIpc) is 2.66. The molecule has 5 heteroatoms. The maximum absolute atomic E-state index is 11.2. The van der Waals surface area contributed by atoms with Crippen molar-refractivity contribution in [1.29, 1.82) is 0 Å². The zero-order valence-corrected chi connectivity index (χ0v) is 10.9. The lowest BCUT2D eigenvalue weighted by Gasteiger charge is -2.08. The van der Waals surface area contributed by atoms with Crippen LogP contribution in [0, 0.1) is 0 Å². The van der Waals surface area contributed by atoms with Crippen LogP contribution in [0.5, 0.6) is 0 Å². The number of nitrogens with zero attached hydrogens (tertiary/aromatic N) is 1. The molecule has 0 bridgehead atoms. The zero-order valence-electron chi connectivity index (χ0n) is 9.31. The highest BCUT2D eigenvalue weighted by molar-refractivity contribution is 9.10. The Bertz CT molecular complexity index is 562. The Morgan fingerprint density at radius 3 is 2.94 bits per heavy atom. The molecule has 0 aliphatic rings. The Balaban J connectivity index is 2.64. The van der Waals surface area contributed by atoms with Gasteiger partial charge in [0.15, 0.2) is 0 Å². The molecule has 1 aromatic carbocycles. The summed E-state index contributed by atoms with van der Waals surface area (Å²) in [7, 11) is 1.60. The summed E-state index contributed by atoms with van der Waals surface area (Å²) in [5.74, 6) is -0.927. The number of methoxy groups -OCH3 is 1. The van der Waals surface area contributed by atoms with Crippen LogP contribution in [-0.4, -0.2) is 29.4 Å². The molecule has 4 nitrogen and oxygen atoms in total. The monoisotopic (exact) mass is 297 g/mol. The number of aromatic nitrogens is 1. The number of hydrogen-bond donors (Lipinski definition) is 1. The van der Waals surface area contributed by atoms with Gasteiger partial charge in [-0.3, -0.25) is 0 Å². The van der Waals surface area contributed by atoms with E-state index in [1.807, 2.05) is 18.2 Å². The summed E-state index contributed by atoms with van der Waals surface area (Å²) in [5, 5.41) is 10.1. The van der Waals surface area contributed by atoms with Crippen LogP contribution in [0.2, 0.25) is 0 Å². The van der Waals surface area contributed by atoms with Crippen molar-refractivity contribution >= 4 is 32.8 Å². The number of fused-ring (bicyclic) bond motifs is 1. The molecule has 90 valence electrons. The molecule has 0 amide bonds. The summed E-state index contributed by atoms with van der Waals surface area (Å²) >= 11 is 3.45. The van der Waals surface area contributed by atoms with Crippen molar-refractivity contribution < 1.29 is 14.6 Å². The van der Waals surface area contributed by atoms with Crippen molar-refractivity contribution in [3.05, 3.63) is 34.4 Å². The SMILES string of the molecule is COCCn1c(C(=O)O)cc2cccc(Br)c21. The predicted molar refractivity (Wildman–Crippen MR) is 68.5 cm³/mol. The van der Waals surface area contributed by atoms with Gasteiger partial charge in [0.2, 0.25) is 0 Å². The number of benzene rings is 1. The molecule has 0 radical (unpaired) electrons. The molecule has 17 heavy (non-hydrogen) atoms. The number of para-hydroxylation sites is 1. The van der Waals surface area contributed by atoms with E-state index in [4.69, 9.17) is 4.74 Å². The van der Waals surface area contributed by atoms with Gasteiger partial charge in [0.05, 0.1) is 12.1 Å². The first-order chi connectivity index (χ1) is 8.15. The summed E-state index contributed by atoms with van der Waals surface area (Å²) < 4.78 is 7.65. The first-order valence-corrected chi connectivity index (χ1v) is 5.94. The molecule has 0 aliphatic carbocycles. The Hall–Kier alpha value is -1.33. The van der Waals surface area contributed by atoms with Gasteiger partial charge in [0, 0.05) is 23.5 Å². The van der Waals surface area contributed by atoms with Gasteiger partial charge in [-0.15, -0.1) is 0 Å². The number of rotatable bonds is 4. The van der Waals surface area contributed by atoms with Crippen LogP contribution in [0.4, 0.5) is 0 Å². The smallest absolute Gasteiger partial charge is 0.352 e. The van der Waals surface area contributed by atoms with Crippen molar-refractivity contribution in [2.45, 2.75) is 6.54 Å². The van der Waals surface area contributed by atoms with E-state index in [9.17, 15) is 9.90 Å². The van der Waals surface area contributed by atoms with Gasteiger partial charge in [-0.1, -0.05) is 12.1 Å². The Kier molecular flexibility index (Phi) is 3.49. The number of carboxylic acids is 1. The molecule has 2 rings (SSSR count). The van der Waals surface area contributed by atoms with E-state index in [1.54, 1.807) is 17.7 Å². The minimum absolute atomic E-state index is 0.281. The molecule has 2 aromatic rings. The molecule has 1 heterocycles. The maximum atomic E-state index is 11.2. The highest BCUT2D eigenvalue weighted by atomic mass is 79.9. The fourth-order valence-electron chi connectivity index (χ4n) is 1.87. The second kappa shape index (κ2) is 4.89. The van der Waals surface area contributed by atoms with Crippen LogP contribution in [0.1, 0.15) is 10.5 Å². The van der Waals surface area contributed by atoms with Crippen molar-refractivity contribution in [2.75, 3.05) is 13.7 Å². The summed E-state index contributed by atoms with van der Waals surface area (Å²) in [4.78, 5) is 11.2. The second-order valence-corrected chi connectivity index (χ2v) is 4.51. The van der Waals surface area contributed by atoms with E-state index in [2.05, 4.69) is 15.9 Å². The van der Waals surface area contributed by atoms with Gasteiger partial charge in [0.1, 0.15) is 5.69 Å². The molecule has 1 aromatic heterocycles. The third-order valence-electron chi connectivity index (χ3n) is 2.61. The number of hydrogen-bond acceptors (Lipinski definition) is 2. The van der Waals surface area contributed by atoms with Crippen LogP contribution < -0.4 is 0 Å². The molecule has 0 fully saturated rings. The van der Waals surface area contributed by atoms with Crippen molar-refractivity contribution in [1.82, 2.24) is 4.57 Å². The number of ether oxygens (including phenoxy) is 1. The minimum Gasteiger partial charge on any atom is -0.477 e. The zero-order chi connectivity index (χ0) is 12.4. The molecule has 0 spiro atoms. The van der Waals surface area contributed by atoms with Crippen molar-refractivity contribution in [3.63, 3.8) is 0 Å². The number of aromatic carboxylic acids is 1. The maximum Gasteiger partial charge on any atom is 0.352 e. The van der Waals surface area contributed by atoms with E-state index in [0.29, 0.717) is 13.2 Å². The van der Waals surface area contributed by atoms with E-state index in [-0.39, 0.29) is 5.69 Å². The Labute approximate surface area is 107 Å². The lowest BCUT2D eigenvalue weighted by atomic mass is 10.2. The van der Waals surface area contributed by atoms with Gasteiger partial charge in [-0.2, -0.15) is 0 Å². The lowest BCUT2D eigenvalue weighted by Crippen LogP contribution is -2.11. The van der Waals surface area contributed by atoms with Crippen molar-refractivity contribution in [3.8, 4) is 0 Å². The normalized spacial score (nSPS) is 10.9. The van der Waals surface area contributed by atoms with Gasteiger partial charge >= 0.3 is 5.97 Å². The quantitative estimate of drug-likeness (QED) is 0.944. The van der Waals surface area contributed by atoms with E-state index >= 15 is 0 Å². The van der Waals surface area contributed by atoms with E-state index < -0.39 is 5.97 Å². The fourth-order valence-corrected chi connectivity index (χ4v) is 2.47. The molecule has 0 aliphatic heterocycles. The Morgan fingerprint density at radius 1 is 1.53 bits per heavy atom. The van der Waals surface area contributed by atoms with E-state index in [1.165, 1.54) is 0 Å². The average molecular weight is 298 g/mol. The number of carbonyl (C=O) groups is 1. The first kappa shape index (κ1) is 12.1. The summed E-state index contributed by atoms with van der Waals surface area (Å²) in [6.45, 7) is 0.996. The highest BCUT2D eigenvalue weighted by Gasteiger charge is 2.15. The van der Waals surface area contributed by atoms with Gasteiger partial charge in [-0.05, 0) is 28.1 Å². The minimum atomic E-state index is -0.927. The standard InChI is InChI=1S/C12H12BrNO3/c1-17-6-5-14-10(12(15)16)7-8-3-2-4-9(13)11(8)14/h2-4,7H,5-6H2,1H3,(H,15,16). The molecular weight excluding hydrogens is 286 g/mol. The Morgan fingerprint density at radius 2 is 2.29 bits per heavy atom. The second-order valence-electron chi connectivity index (χ2n) is 3.66. The molecule has 1 N–H and O–H groups in total. The number of carboxylic acid groups (broad SMARTS) is 1. The van der Waals surface area contributed by atoms with Gasteiger partial charge in [-0.25, -0.2) is 4.79 Å².